The van der Waals surface area contributed by atoms with Gasteiger partial charge in [0.2, 0.25) is 6.79 Å². The molecule has 1 unspecified atom stereocenters. The average molecular weight is 387 g/mol. The molecule has 7 heteroatoms. The van der Waals surface area contributed by atoms with E-state index < -0.39 is 12.1 Å². The first-order valence-electron chi connectivity index (χ1n) is 9.11. The normalized spacial score (nSPS) is 13.1. The van der Waals surface area contributed by atoms with Crippen LogP contribution < -0.4 is 14.8 Å². The van der Waals surface area contributed by atoms with Crippen LogP contribution in [0.4, 0.5) is 4.39 Å². The summed E-state index contributed by atoms with van der Waals surface area (Å²) in [6, 6.07) is 11.6. The SMILES string of the molecule is CC(OC(=O)CCc1ccc2c(c1)OCO2)C(=O)NCCc1ccc(F)cc1. The van der Waals surface area contributed by atoms with Gasteiger partial charge in [-0.15, -0.1) is 0 Å². The zero-order chi connectivity index (χ0) is 19.9. The number of aryl methyl sites for hydroxylation is 1. The molecular weight excluding hydrogens is 365 g/mol. The van der Waals surface area contributed by atoms with Crippen molar-refractivity contribution in [2.75, 3.05) is 13.3 Å². The van der Waals surface area contributed by atoms with Gasteiger partial charge in [-0.1, -0.05) is 18.2 Å². The van der Waals surface area contributed by atoms with Crippen LogP contribution in [0.5, 0.6) is 11.5 Å². The van der Waals surface area contributed by atoms with Crippen LogP contribution in [0.25, 0.3) is 0 Å². The number of hydrogen-bond donors (Lipinski definition) is 1. The summed E-state index contributed by atoms with van der Waals surface area (Å²) in [4.78, 5) is 24.0. The van der Waals surface area contributed by atoms with Crippen LogP contribution >= 0.6 is 0 Å². The number of benzene rings is 2. The molecule has 6 nitrogen and oxygen atoms in total. The topological polar surface area (TPSA) is 73.9 Å². The molecule has 0 saturated carbocycles. The van der Waals surface area contributed by atoms with Crippen LogP contribution in [0.2, 0.25) is 0 Å². The van der Waals surface area contributed by atoms with E-state index in [0.29, 0.717) is 30.9 Å². The third-order valence-electron chi connectivity index (χ3n) is 4.36. The van der Waals surface area contributed by atoms with Gasteiger partial charge in [0.05, 0.1) is 0 Å². The second-order valence-corrected chi connectivity index (χ2v) is 6.49. The van der Waals surface area contributed by atoms with Gasteiger partial charge in [-0.3, -0.25) is 9.59 Å². The predicted molar refractivity (Wildman–Crippen MR) is 99.6 cm³/mol. The molecule has 0 saturated heterocycles. The third kappa shape index (κ3) is 5.45. The average Bonchev–Trinajstić information content (AvgIpc) is 3.15. The standard InChI is InChI=1S/C21H22FNO5/c1-14(21(25)23-11-10-15-2-6-17(22)7-3-15)28-20(24)9-5-16-4-8-18-19(12-16)27-13-26-18/h2-4,6-8,12,14H,5,9-11,13H2,1H3,(H,23,25). The summed E-state index contributed by atoms with van der Waals surface area (Å²) < 4.78 is 28.6. The Morgan fingerprint density at radius 2 is 1.79 bits per heavy atom. The molecule has 0 aliphatic carbocycles. The minimum absolute atomic E-state index is 0.160. The largest absolute Gasteiger partial charge is 0.454 e. The number of carbonyl (C=O) groups excluding carboxylic acids is 2. The monoisotopic (exact) mass is 387 g/mol. The van der Waals surface area contributed by atoms with E-state index in [-0.39, 0.29) is 24.9 Å². The second-order valence-electron chi connectivity index (χ2n) is 6.49. The van der Waals surface area contributed by atoms with Gasteiger partial charge in [0.1, 0.15) is 5.82 Å². The lowest BCUT2D eigenvalue weighted by Crippen LogP contribution is -2.36. The molecule has 2 aromatic rings. The van der Waals surface area contributed by atoms with E-state index in [2.05, 4.69) is 5.32 Å². The third-order valence-corrected chi connectivity index (χ3v) is 4.36. The van der Waals surface area contributed by atoms with Crippen LogP contribution in [0, 0.1) is 5.82 Å². The number of hydrogen-bond acceptors (Lipinski definition) is 5. The molecule has 0 spiro atoms. The van der Waals surface area contributed by atoms with Gasteiger partial charge in [-0.25, -0.2) is 4.39 Å². The van der Waals surface area contributed by atoms with Gasteiger partial charge < -0.3 is 19.5 Å². The molecule has 28 heavy (non-hydrogen) atoms. The number of nitrogens with one attached hydrogen (secondary N) is 1. The van der Waals surface area contributed by atoms with Crippen molar-refractivity contribution in [1.82, 2.24) is 5.32 Å². The van der Waals surface area contributed by atoms with Crippen molar-refractivity contribution in [3.63, 3.8) is 0 Å². The molecule has 0 fully saturated rings. The summed E-state index contributed by atoms with van der Waals surface area (Å²) in [6.45, 7) is 2.11. The van der Waals surface area contributed by atoms with Crippen molar-refractivity contribution >= 4 is 11.9 Å². The van der Waals surface area contributed by atoms with E-state index in [4.69, 9.17) is 14.2 Å². The fraction of sp³-hybridized carbons (Fsp3) is 0.333. The van der Waals surface area contributed by atoms with E-state index in [9.17, 15) is 14.0 Å². The highest BCUT2D eigenvalue weighted by atomic mass is 19.1. The van der Waals surface area contributed by atoms with Crippen LogP contribution in [0.3, 0.4) is 0 Å². The Hall–Kier alpha value is -3.09. The number of carbonyl (C=O) groups is 2. The van der Waals surface area contributed by atoms with Crippen LogP contribution in [-0.4, -0.2) is 31.3 Å². The molecule has 1 aliphatic heterocycles. The van der Waals surface area contributed by atoms with Crippen molar-refractivity contribution in [2.24, 2.45) is 0 Å². The molecule has 0 radical (unpaired) electrons. The van der Waals surface area contributed by atoms with Gasteiger partial charge >= 0.3 is 5.97 Å². The van der Waals surface area contributed by atoms with Gasteiger partial charge in [0.15, 0.2) is 17.6 Å². The van der Waals surface area contributed by atoms with Gasteiger partial charge in [0, 0.05) is 13.0 Å². The Bertz CT molecular complexity index is 837. The quantitative estimate of drug-likeness (QED) is 0.705. The molecule has 1 N–H and O–H groups in total. The number of amides is 1. The smallest absolute Gasteiger partial charge is 0.306 e. The van der Waals surface area contributed by atoms with Crippen LogP contribution in [-0.2, 0) is 27.2 Å². The maximum atomic E-state index is 12.9. The summed E-state index contributed by atoms with van der Waals surface area (Å²) >= 11 is 0. The first-order valence-corrected chi connectivity index (χ1v) is 9.11. The molecule has 1 aliphatic rings. The van der Waals surface area contributed by atoms with Crippen molar-refractivity contribution in [3.05, 3.63) is 59.4 Å². The number of halogens is 1. The fourth-order valence-corrected chi connectivity index (χ4v) is 2.78. The summed E-state index contributed by atoms with van der Waals surface area (Å²) in [5.74, 6) is 0.253. The van der Waals surface area contributed by atoms with E-state index in [1.54, 1.807) is 18.2 Å². The molecule has 1 amide bonds. The predicted octanol–water partition coefficient (Wildman–Crippen LogP) is 2.78. The Balaban J connectivity index is 1.37. The summed E-state index contributed by atoms with van der Waals surface area (Å²) in [5.41, 5.74) is 1.84. The number of rotatable bonds is 8. The molecule has 148 valence electrons. The molecular formula is C21H22FNO5. The van der Waals surface area contributed by atoms with E-state index in [1.807, 2.05) is 12.1 Å². The molecule has 0 aromatic heterocycles. The molecule has 2 aromatic carbocycles. The molecule has 3 rings (SSSR count). The zero-order valence-electron chi connectivity index (χ0n) is 15.6. The minimum atomic E-state index is -0.877. The van der Waals surface area contributed by atoms with E-state index in [1.165, 1.54) is 19.1 Å². The minimum Gasteiger partial charge on any atom is -0.454 e. The van der Waals surface area contributed by atoms with Crippen molar-refractivity contribution in [3.8, 4) is 11.5 Å². The first-order chi connectivity index (χ1) is 13.5. The fourth-order valence-electron chi connectivity index (χ4n) is 2.78. The van der Waals surface area contributed by atoms with Crippen molar-refractivity contribution in [2.45, 2.75) is 32.3 Å². The Morgan fingerprint density at radius 1 is 1.07 bits per heavy atom. The summed E-state index contributed by atoms with van der Waals surface area (Å²) in [6.07, 6.45) is 0.329. The lowest BCUT2D eigenvalue weighted by molar-refractivity contribution is -0.154. The molecule has 1 atom stereocenters. The molecule has 1 heterocycles. The maximum Gasteiger partial charge on any atom is 0.306 e. The van der Waals surface area contributed by atoms with Crippen LogP contribution in [0.15, 0.2) is 42.5 Å². The van der Waals surface area contributed by atoms with E-state index >= 15 is 0 Å². The number of esters is 1. The van der Waals surface area contributed by atoms with Crippen LogP contribution in [0.1, 0.15) is 24.5 Å². The summed E-state index contributed by atoms with van der Waals surface area (Å²) in [7, 11) is 0. The van der Waals surface area contributed by atoms with Gasteiger partial charge in [0.25, 0.3) is 5.91 Å². The Labute approximate surface area is 162 Å². The van der Waals surface area contributed by atoms with Crippen molar-refractivity contribution < 1.29 is 28.2 Å². The van der Waals surface area contributed by atoms with Gasteiger partial charge in [-0.05, 0) is 55.2 Å². The first kappa shape index (κ1) is 19.7. The lowest BCUT2D eigenvalue weighted by Gasteiger charge is -2.13. The number of ether oxygens (including phenoxy) is 3. The summed E-state index contributed by atoms with van der Waals surface area (Å²) in [5, 5.41) is 2.71. The Kier molecular flexibility index (Phi) is 6.47. The molecule has 0 bridgehead atoms. The second kappa shape index (κ2) is 9.21. The zero-order valence-corrected chi connectivity index (χ0v) is 15.6. The maximum absolute atomic E-state index is 12.9. The van der Waals surface area contributed by atoms with Crippen molar-refractivity contribution in [1.29, 1.82) is 0 Å². The highest BCUT2D eigenvalue weighted by molar-refractivity contribution is 5.83. The highest BCUT2D eigenvalue weighted by Gasteiger charge is 2.18. The van der Waals surface area contributed by atoms with Gasteiger partial charge in [-0.2, -0.15) is 0 Å². The lowest BCUT2D eigenvalue weighted by atomic mass is 10.1. The Morgan fingerprint density at radius 3 is 2.57 bits per heavy atom. The number of fused-ring (bicyclic) bond motifs is 1. The van der Waals surface area contributed by atoms with E-state index in [0.717, 1.165) is 11.1 Å². The highest BCUT2D eigenvalue weighted by Crippen LogP contribution is 2.32.